The summed E-state index contributed by atoms with van der Waals surface area (Å²) in [6.45, 7) is 13.1. The van der Waals surface area contributed by atoms with Gasteiger partial charge in [-0.3, -0.25) is 0 Å². The minimum Gasteiger partial charge on any atom is -0.502 e. The Morgan fingerprint density at radius 1 is 1.43 bits per heavy atom. The third kappa shape index (κ3) is 3.94. The second-order valence-electron chi connectivity index (χ2n) is 6.89. The van der Waals surface area contributed by atoms with Crippen molar-refractivity contribution < 1.29 is 21.6 Å². The summed E-state index contributed by atoms with van der Waals surface area (Å²) >= 11 is 0. The van der Waals surface area contributed by atoms with E-state index in [9.17, 15) is 0 Å². The van der Waals surface area contributed by atoms with Crippen LogP contribution in [0.4, 0.5) is 5.69 Å². The number of hydrogen-bond donors (Lipinski definition) is 1. The first kappa shape index (κ1) is 11.9. The third-order valence-electron chi connectivity index (χ3n) is 4.30. The number of rotatable bonds is 7. The van der Waals surface area contributed by atoms with Gasteiger partial charge in [0.25, 0.3) is 5.89 Å². The lowest BCUT2D eigenvalue weighted by atomic mass is 10.0. The largest absolute Gasteiger partial charge is 0.502 e. The van der Waals surface area contributed by atoms with Crippen molar-refractivity contribution in [1.82, 2.24) is 15.5 Å². The van der Waals surface area contributed by atoms with Gasteiger partial charge in [0.05, 0.1) is 20.9 Å². The summed E-state index contributed by atoms with van der Waals surface area (Å²) in [5, 5.41) is 6.81. The second-order valence-corrected chi connectivity index (χ2v) is 6.89. The van der Waals surface area contributed by atoms with Gasteiger partial charge in [0.2, 0.25) is 11.5 Å². The van der Waals surface area contributed by atoms with Gasteiger partial charge in [-0.05, 0) is 68.9 Å². The Kier molecular flexibility index (Phi) is 3.44. The van der Waals surface area contributed by atoms with Crippen LogP contribution in [0.25, 0.3) is 27.7 Å². The fourth-order valence-electron chi connectivity index (χ4n) is 2.99. The van der Waals surface area contributed by atoms with Crippen molar-refractivity contribution in [3.8, 4) is 28.6 Å². The van der Waals surface area contributed by atoms with E-state index in [4.69, 9.17) is 28.2 Å². The molecule has 1 N–H and O–H groups in total. The molecule has 4 rings (SSSR count). The zero-order chi connectivity index (χ0) is 29.0. The molecule has 0 spiro atoms. The lowest BCUT2D eigenvalue weighted by Crippen LogP contribution is -2.19. The highest BCUT2D eigenvalue weighted by atomic mass is 16.5. The van der Waals surface area contributed by atoms with Gasteiger partial charge in [-0.2, -0.15) is 4.98 Å². The van der Waals surface area contributed by atoms with Crippen LogP contribution >= 0.6 is 0 Å². The van der Waals surface area contributed by atoms with Gasteiger partial charge in [-0.25, -0.2) is 4.85 Å². The molecule has 1 aromatic heterocycles. The lowest BCUT2D eigenvalue weighted by molar-refractivity contribution is 0.244. The van der Waals surface area contributed by atoms with Crippen LogP contribution in [0.3, 0.4) is 0 Å². The maximum atomic E-state index is 8.93. The minimum absolute atomic E-state index is 0.0791. The molecule has 1 aliphatic carbocycles. The molecule has 0 bridgehead atoms. The molecule has 3 aromatic rings. The molecule has 0 radical (unpaired) electrons. The number of nitrogens with one attached hydrogen (secondary N) is 1. The van der Waals surface area contributed by atoms with E-state index in [-0.39, 0.29) is 45.9 Å². The molecule has 154 valence electrons. The van der Waals surface area contributed by atoms with E-state index < -0.39 is 60.6 Å². The first-order chi connectivity index (χ1) is 18.2. The molecule has 0 unspecified atom stereocenters. The van der Waals surface area contributed by atoms with E-state index in [1.165, 1.54) is 0 Å². The van der Waals surface area contributed by atoms with Crippen molar-refractivity contribution in [2.45, 2.75) is 52.1 Å². The summed E-state index contributed by atoms with van der Waals surface area (Å²) in [5.41, 5.74) is -1.10. The van der Waals surface area contributed by atoms with Gasteiger partial charge >= 0.3 is 0 Å². The summed E-state index contributed by atoms with van der Waals surface area (Å²) in [6, 6.07) is -4.66. The van der Waals surface area contributed by atoms with Crippen LogP contribution in [0.2, 0.25) is 0 Å². The number of benzene rings is 2. The summed E-state index contributed by atoms with van der Waals surface area (Å²) in [6.07, 6.45) is -2.33. The Balaban J connectivity index is 1.96. The molecule has 2 aromatic carbocycles. The van der Waals surface area contributed by atoms with Gasteiger partial charge in [0.15, 0.2) is 0 Å². The Morgan fingerprint density at radius 2 is 2.30 bits per heavy atom. The fraction of sp³-hybridized carbons (Fsp3) is 0.375. The number of fused-ring (bicyclic) bond motifs is 1. The zero-order valence-electron chi connectivity index (χ0n) is 25.9. The highest BCUT2D eigenvalue weighted by Gasteiger charge is 2.26. The Hall–Kier alpha value is -3.17. The Morgan fingerprint density at radius 3 is 3.07 bits per heavy atom. The quantitative estimate of drug-likeness (QED) is 0.503. The molecule has 6 heteroatoms. The summed E-state index contributed by atoms with van der Waals surface area (Å²) in [5.74, 6) is -0.960. The van der Waals surface area contributed by atoms with Gasteiger partial charge < -0.3 is 14.6 Å². The molecule has 0 saturated carbocycles. The normalized spacial score (nSPS) is 23.6. The van der Waals surface area contributed by atoms with Crippen LogP contribution in [0, 0.1) is 6.57 Å². The molecular weight excluding hydrogens is 376 g/mol. The minimum atomic E-state index is -2.18. The predicted molar refractivity (Wildman–Crippen MR) is 117 cm³/mol. The van der Waals surface area contributed by atoms with Crippen molar-refractivity contribution >= 4 is 5.69 Å². The summed E-state index contributed by atoms with van der Waals surface area (Å²) < 4.78 is 87.8. The van der Waals surface area contributed by atoms with Crippen LogP contribution < -0.4 is 10.1 Å². The van der Waals surface area contributed by atoms with Gasteiger partial charge in [0, 0.05) is 21.3 Å². The average Bonchev–Trinajstić information content (AvgIpc) is 3.40. The highest BCUT2D eigenvalue weighted by Crippen LogP contribution is 2.38. The molecule has 1 atom stereocenters. The van der Waals surface area contributed by atoms with E-state index in [0.717, 1.165) is 0 Å². The molecule has 0 amide bonds. The summed E-state index contributed by atoms with van der Waals surface area (Å²) in [7, 11) is 0. The predicted octanol–water partition coefficient (Wildman–Crippen LogP) is 5.73. The lowest BCUT2D eigenvalue weighted by Gasteiger charge is -2.13. The molecule has 0 saturated heterocycles. The van der Waals surface area contributed by atoms with Gasteiger partial charge in [-0.1, -0.05) is 30.2 Å². The third-order valence-corrected chi connectivity index (χ3v) is 4.30. The van der Waals surface area contributed by atoms with E-state index >= 15 is 0 Å². The van der Waals surface area contributed by atoms with Gasteiger partial charge in [-0.15, -0.1) is 0 Å². The number of ether oxygens (including phenoxy) is 1. The molecular formula is C24H26N4O2. The molecule has 30 heavy (non-hydrogen) atoms. The van der Waals surface area contributed by atoms with Crippen LogP contribution in [0.5, 0.6) is 5.75 Å². The van der Waals surface area contributed by atoms with Crippen molar-refractivity contribution in [2.24, 2.45) is 0 Å². The van der Waals surface area contributed by atoms with E-state index in [0.29, 0.717) is 13.0 Å². The maximum Gasteiger partial charge on any atom is 0.256 e. The Labute approximate surface area is 189 Å². The average molecular weight is 412 g/mol. The summed E-state index contributed by atoms with van der Waals surface area (Å²) in [4.78, 5) is 7.52. The first-order valence-corrected chi connectivity index (χ1v) is 9.62. The zero-order valence-corrected chi connectivity index (χ0v) is 16.9. The highest BCUT2D eigenvalue weighted by molar-refractivity contribution is 5.70. The molecule has 6 nitrogen and oxygen atoms in total. The Bertz CT molecular complexity index is 1520. The molecule has 0 aliphatic heterocycles. The SMILES string of the molecule is [2H]c1c([2H])c(-c2noc(-c3c([2H])c([2H])c(OC(C)C)c([N+]#[C-])c3[2H])n2)c2c(c1[2H])[C@@]([2H])(NCCC)CC2([2H])[2H]. The smallest absolute Gasteiger partial charge is 0.256 e. The molecule has 1 aliphatic rings. The van der Waals surface area contributed by atoms with Crippen molar-refractivity contribution in [3.05, 3.63) is 58.8 Å². The van der Waals surface area contributed by atoms with E-state index in [2.05, 4.69) is 20.3 Å². The maximum absolute atomic E-state index is 8.93. The van der Waals surface area contributed by atoms with Crippen LogP contribution in [0.15, 0.2) is 40.8 Å². The topological polar surface area (TPSA) is 64.5 Å². The van der Waals surface area contributed by atoms with E-state index in [1.54, 1.807) is 13.8 Å². The van der Waals surface area contributed by atoms with Crippen LogP contribution in [-0.4, -0.2) is 22.8 Å². The van der Waals surface area contributed by atoms with Crippen LogP contribution in [0.1, 0.15) is 63.1 Å². The molecule has 1 heterocycles. The van der Waals surface area contributed by atoms with Gasteiger partial charge in [0.1, 0.15) is 5.75 Å². The molecule has 0 fully saturated rings. The number of aromatic nitrogens is 2. The fourth-order valence-corrected chi connectivity index (χ4v) is 2.99. The number of hydrogen-bond acceptors (Lipinski definition) is 5. The number of nitrogens with zero attached hydrogens (tertiary/aromatic N) is 3. The standard InChI is InChI=1S/C24H26N4O2/c1-5-13-26-20-11-10-17-18(20)7-6-8-19(17)23-27-24(30-28-23)16-9-12-22(29-15(2)3)21(14-16)25-4/h6-9,12,14-15,20,26H,5,10-11,13H2,1-3H3/t20-/m0/s1/i6D,7D,8D,9D,10D2,12D,14D,20D. The van der Waals surface area contributed by atoms with Crippen molar-refractivity contribution in [3.63, 3.8) is 0 Å². The first-order valence-electron chi connectivity index (χ1n) is 14.1. The monoisotopic (exact) mass is 411 g/mol. The van der Waals surface area contributed by atoms with Crippen LogP contribution in [-0.2, 0) is 6.37 Å². The van der Waals surface area contributed by atoms with Crippen molar-refractivity contribution in [2.75, 3.05) is 6.54 Å². The second kappa shape index (κ2) is 8.68. The van der Waals surface area contributed by atoms with E-state index in [1.807, 2.05) is 6.92 Å². The van der Waals surface area contributed by atoms with Crippen molar-refractivity contribution in [1.29, 1.82) is 0 Å².